The van der Waals surface area contributed by atoms with Crippen LogP contribution < -0.4 is 0 Å². The van der Waals surface area contributed by atoms with Gasteiger partial charge in [0.2, 0.25) is 0 Å². The molecule has 19 heteroatoms. The standard InChI is InChI=1S/C84H164O17P2/c1-8-10-11-12-13-14-15-16-17-20-27-32-37-46-53-60-67-84(89)101-80(72-95-82(87)66-59-52-45-40-39-43-50-57-64-77(7)9-2)74-99-103(92,93)97-70-78(85)69-96-102(90,91)98-73-79(71-94-81(86)65-58-51-44-36-31-26-23-22-25-30-35-42-49-56-63-76(5)6)100-83(88)68-61-54-47-38-33-28-21-18-19-24-29-34-41-48-55-62-75(3)4/h75-80,85H,8-74H2,1-7H3,(H,90,91)(H,92,93)/t77?,78-,79-,80-/m1/s1. The van der Waals surface area contributed by atoms with E-state index in [9.17, 15) is 43.2 Å². The molecule has 0 aliphatic carbocycles. The molecule has 0 saturated heterocycles. The van der Waals surface area contributed by atoms with Crippen LogP contribution in [0.25, 0.3) is 0 Å². The summed E-state index contributed by atoms with van der Waals surface area (Å²) in [6.45, 7) is 12.0. The molecule has 612 valence electrons. The third kappa shape index (κ3) is 76.6. The number of esters is 4. The zero-order chi connectivity index (χ0) is 75.8. The highest BCUT2D eigenvalue weighted by Gasteiger charge is 2.30. The van der Waals surface area contributed by atoms with E-state index in [2.05, 4.69) is 48.5 Å². The first kappa shape index (κ1) is 101. The predicted molar refractivity (Wildman–Crippen MR) is 423 cm³/mol. The van der Waals surface area contributed by atoms with Crippen molar-refractivity contribution in [3.8, 4) is 0 Å². The van der Waals surface area contributed by atoms with Crippen LogP contribution in [0.2, 0.25) is 0 Å². The van der Waals surface area contributed by atoms with Crippen LogP contribution in [0.5, 0.6) is 0 Å². The fraction of sp³-hybridized carbons (Fsp3) is 0.952. The second kappa shape index (κ2) is 74.2. The SMILES string of the molecule is CCCCCCCCCCCCCCCCCCC(=O)O[C@H](COC(=O)CCCCCCCCCCC(C)CC)COP(=O)(O)OC[C@H](O)COP(=O)(O)OC[C@@H](COC(=O)CCCCCCCCCCCCCCCCC(C)C)OC(=O)CCCCCCCCCCCCCCCCCC(C)C. The molecule has 17 nitrogen and oxygen atoms in total. The van der Waals surface area contributed by atoms with Crippen molar-refractivity contribution in [2.45, 2.75) is 458 Å². The highest BCUT2D eigenvalue weighted by molar-refractivity contribution is 7.47. The van der Waals surface area contributed by atoms with E-state index in [-0.39, 0.29) is 25.7 Å². The lowest BCUT2D eigenvalue weighted by Crippen LogP contribution is -2.30. The Morgan fingerprint density at radius 3 is 0.738 bits per heavy atom. The van der Waals surface area contributed by atoms with Gasteiger partial charge in [-0.15, -0.1) is 0 Å². The van der Waals surface area contributed by atoms with E-state index in [0.29, 0.717) is 25.7 Å². The van der Waals surface area contributed by atoms with E-state index in [1.165, 1.54) is 250 Å². The fourth-order valence-corrected chi connectivity index (χ4v) is 14.6. The number of aliphatic hydroxyl groups is 1. The zero-order valence-corrected chi connectivity index (χ0v) is 69.6. The number of ether oxygens (including phenoxy) is 4. The van der Waals surface area contributed by atoms with Crippen molar-refractivity contribution in [1.29, 1.82) is 0 Å². The third-order valence-corrected chi connectivity index (χ3v) is 21.9. The molecule has 0 radical (unpaired) electrons. The summed E-state index contributed by atoms with van der Waals surface area (Å²) in [4.78, 5) is 73.2. The topological polar surface area (TPSA) is 237 Å². The monoisotopic (exact) mass is 1510 g/mol. The summed E-state index contributed by atoms with van der Waals surface area (Å²) in [5.41, 5.74) is 0. The highest BCUT2D eigenvalue weighted by Crippen LogP contribution is 2.45. The van der Waals surface area contributed by atoms with Crippen LogP contribution in [0.4, 0.5) is 0 Å². The molecule has 0 aromatic heterocycles. The summed E-state index contributed by atoms with van der Waals surface area (Å²) in [5.74, 6) is 0.274. The van der Waals surface area contributed by atoms with Crippen molar-refractivity contribution >= 4 is 39.5 Å². The predicted octanol–water partition coefficient (Wildman–Crippen LogP) is 25.3. The lowest BCUT2D eigenvalue weighted by molar-refractivity contribution is -0.161. The molecule has 0 spiro atoms. The first-order valence-electron chi connectivity index (χ1n) is 43.4. The molecule has 3 unspecified atom stereocenters. The second-order valence-electron chi connectivity index (χ2n) is 31.4. The van der Waals surface area contributed by atoms with Gasteiger partial charge in [0, 0.05) is 25.7 Å². The van der Waals surface area contributed by atoms with Gasteiger partial charge in [0.1, 0.15) is 19.3 Å². The molecule has 0 fully saturated rings. The smallest absolute Gasteiger partial charge is 0.462 e. The third-order valence-electron chi connectivity index (χ3n) is 20.0. The average Bonchev–Trinajstić information content (AvgIpc) is 0.910. The molecule has 0 aromatic rings. The van der Waals surface area contributed by atoms with Crippen LogP contribution in [0.3, 0.4) is 0 Å². The Hall–Kier alpha value is -1.94. The minimum absolute atomic E-state index is 0.108. The number of unbranched alkanes of at least 4 members (excludes halogenated alkanes) is 49. The zero-order valence-electron chi connectivity index (χ0n) is 67.8. The summed E-state index contributed by atoms with van der Waals surface area (Å²) in [5, 5.41) is 10.7. The molecule has 103 heavy (non-hydrogen) atoms. The van der Waals surface area contributed by atoms with Crippen molar-refractivity contribution in [1.82, 2.24) is 0 Å². The fourth-order valence-electron chi connectivity index (χ4n) is 13.0. The van der Waals surface area contributed by atoms with Crippen molar-refractivity contribution in [3.63, 3.8) is 0 Å². The molecule has 0 aliphatic heterocycles. The summed E-state index contributed by atoms with van der Waals surface area (Å²) in [6.07, 6.45) is 63.7. The molecular weight excluding hydrogens is 1340 g/mol. The molecule has 0 rings (SSSR count). The van der Waals surface area contributed by atoms with Crippen molar-refractivity contribution in [2.75, 3.05) is 39.6 Å². The molecular formula is C84H164O17P2. The summed E-state index contributed by atoms with van der Waals surface area (Å²) < 4.78 is 68.9. The van der Waals surface area contributed by atoms with Crippen LogP contribution in [-0.2, 0) is 65.4 Å². The van der Waals surface area contributed by atoms with Crippen LogP contribution in [0, 0.1) is 17.8 Å². The van der Waals surface area contributed by atoms with Crippen LogP contribution >= 0.6 is 15.6 Å². The van der Waals surface area contributed by atoms with Gasteiger partial charge < -0.3 is 33.8 Å². The van der Waals surface area contributed by atoms with Gasteiger partial charge in [-0.3, -0.25) is 37.3 Å². The molecule has 0 amide bonds. The van der Waals surface area contributed by atoms with E-state index in [4.69, 9.17) is 37.0 Å². The quantitative estimate of drug-likeness (QED) is 0.0222. The molecule has 6 atom stereocenters. The Bertz CT molecular complexity index is 1990. The van der Waals surface area contributed by atoms with Gasteiger partial charge in [-0.05, 0) is 43.4 Å². The van der Waals surface area contributed by atoms with Crippen LogP contribution in [-0.4, -0.2) is 96.7 Å². The first-order chi connectivity index (χ1) is 49.8. The highest BCUT2D eigenvalue weighted by atomic mass is 31.2. The Morgan fingerprint density at radius 1 is 0.282 bits per heavy atom. The number of rotatable bonds is 82. The Morgan fingerprint density at radius 2 is 0.495 bits per heavy atom. The number of phosphoric ester groups is 2. The van der Waals surface area contributed by atoms with Gasteiger partial charge in [-0.1, -0.05) is 389 Å². The van der Waals surface area contributed by atoms with E-state index in [1.807, 2.05) is 0 Å². The van der Waals surface area contributed by atoms with Gasteiger partial charge in [0.05, 0.1) is 26.4 Å². The number of hydrogen-bond acceptors (Lipinski definition) is 15. The summed E-state index contributed by atoms with van der Waals surface area (Å²) in [7, 11) is -9.93. The minimum atomic E-state index is -4.96. The molecule has 0 saturated carbocycles. The van der Waals surface area contributed by atoms with Crippen LogP contribution in [0.15, 0.2) is 0 Å². The lowest BCUT2D eigenvalue weighted by atomic mass is 9.99. The molecule has 0 aliphatic rings. The maximum absolute atomic E-state index is 13.1. The molecule has 0 bridgehead atoms. The number of aliphatic hydroxyl groups excluding tert-OH is 1. The summed E-state index contributed by atoms with van der Waals surface area (Å²) >= 11 is 0. The largest absolute Gasteiger partial charge is 0.472 e. The van der Waals surface area contributed by atoms with E-state index < -0.39 is 97.5 Å². The van der Waals surface area contributed by atoms with Crippen LogP contribution in [0.1, 0.15) is 440 Å². The van der Waals surface area contributed by atoms with Crippen molar-refractivity contribution in [3.05, 3.63) is 0 Å². The molecule has 3 N–H and O–H groups in total. The lowest BCUT2D eigenvalue weighted by Gasteiger charge is -2.21. The Kier molecular flexibility index (Phi) is 72.8. The van der Waals surface area contributed by atoms with E-state index in [1.54, 1.807) is 0 Å². The second-order valence-corrected chi connectivity index (χ2v) is 34.3. The number of phosphoric acid groups is 2. The maximum atomic E-state index is 13.1. The van der Waals surface area contributed by atoms with Gasteiger partial charge in [-0.2, -0.15) is 0 Å². The van der Waals surface area contributed by atoms with E-state index in [0.717, 1.165) is 108 Å². The van der Waals surface area contributed by atoms with Crippen molar-refractivity contribution in [2.24, 2.45) is 17.8 Å². The Balaban J connectivity index is 5.27. The average molecular weight is 1510 g/mol. The number of carbonyl (C=O) groups excluding carboxylic acids is 4. The first-order valence-corrected chi connectivity index (χ1v) is 46.4. The minimum Gasteiger partial charge on any atom is -0.462 e. The van der Waals surface area contributed by atoms with Gasteiger partial charge in [0.25, 0.3) is 0 Å². The maximum Gasteiger partial charge on any atom is 0.472 e. The summed E-state index contributed by atoms with van der Waals surface area (Å²) in [6, 6.07) is 0. The van der Waals surface area contributed by atoms with Crippen molar-refractivity contribution < 1.29 is 80.2 Å². The molecule has 0 aromatic carbocycles. The molecule has 0 heterocycles. The van der Waals surface area contributed by atoms with Gasteiger partial charge >= 0.3 is 39.5 Å². The normalized spacial score (nSPS) is 14.2. The number of carbonyl (C=O) groups is 4. The van der Waals surface area contributed by atoms with Gasteiger partial charge in [-0.25, -0.2) is 9.13 Å². The van der Waals surface area contributed by atoms with E-state index >= 15 is 0 Å². The Labute approximate surface area is 632 Å². The number of hydrogen-bond donors (Lipinski definition) is 3. The van der Waals surface area contributed by atoms with Gasteiger partial charge in [0.15, 0.2) is 12.2 Å².